The van der Waals surface area contributed by atoms with Crippen molar-refractivity contribution < 1.29 is 24.2 Å². The highest BCUT2D eigenvalue weighted by Crippen LogP contribution is 2.45. The molecule has 1 aliphatic heterocycles. The highest BCUT2D eigenvalue weighted by Gasteiger charge is 2.42. The number of amides is 2. The number of fused-ring (bicyclic) bond motifs is 3. The van der Waals surface area contributed by atoms with Crippen LogP contribution >= 0.6 is 11.3 Å². The molecule has 0 saturated heterocycles. The van der Waals surface area contributed by atoms with Gasteiger partial charge in [-0.3, -0.25) is 9.59 Å². The molecule has 0 bridgehead atoms. The molecule has 44 heavy (non-hydrogen) atoms. The van der Waals surface area contributed by atoms with Crippen molar-refractivity contribution in [1.82, 2.24) is 10.3 Å². The summed E-state index contributed by atoms with van der Waals surface area (Å²) >= 11 is 1.57. The Hall–Kier alpha value is -4.54. The van der Waals surface area contributed by atoms with Gasteiger partial charge in [0.05, 0.1) is 6.61 Å². The van der Waals surface area contributed by atoms with Gasteiger partial charge in [0.25, 0.3) is 11.8 Å². The quantitative estimate of drug-likeness (QED) is 0.190. The number of nitrogens with one attached hydrogen (secondary N) is 2. The molecule has 2 aliphatic carbocycles. The molecule has 224 valence electrons. The maximum atomic E-state index is 13.9. The smallest absolute Gasteiger partial charge is 0.355 e. The van der Waals surface area contributed by atoms with Crippen LogP contribution in [0.2, 0.25) is 0 Å². The van der Waals surface area contributed by atoms with Crippen molar-refractivity contribution in [2.75, 3.05) is 11.9 Å². The molecule has 2 fully saturated rings. The normalized spacial score (nSPS) is 15.5. The standard InChI is InChI=1S/C34H32N4O5S/c35-17-18-1-7-22(8-2-18)36-32(39)25-15-26-28(43-13-11-21-12-14-44-31(21)26)16-24(25)23-9-10-27(37-30(23)34(41)42)33(40)38-29(19-3-4-19)20-5-6-20/h1-2,7-10,12,14-16,19-20,29H,3-6,11,13,17,35H2,(H,36,39)(H,38,40)(H,41,42). The molecule has 4 aromatic rings. The average Bonchev–Trinajstić information content (AvgIpc) is 3.98. The number of hydrogen-bond donors (Lipinski definition) is 4. The number of ether oxygens (including phenoxy) is 1. The Morgan fingerprint density at radius 2 is 1.70 bits per heavy atom. The Morgan fingerprint density at radius 1 is 0.955 bits per heavy atom. The molecule has 0 radical (unpaired) electrons. The first-order chi connectivity index (χ1) is 21.4. The molecule has 9 nitrogen and oxygen atoms in total. The van der Waals surface area contributed by atoms with Gasteiger partial charge in [-0.1, -0.05) is 12.1 Å². The lowest BCUT2D eigenvalue weighted by atomic mass is 9.93. The van der Waals surface area contributed by atoms with E-state index in [1.165, 1.54) is 6.07 Å². The summed E-state index contributed by atoms with van der Waals surface area (Å²) in [5.74, 6) is -0.560. The maximum absolute atomic E-state index is 13.9. The van der Waals surface area contributed by atoms with Gasteiger partial charge in [0, 0.05) is 51.8 Å². The number of carboxylic acids is 1. The fourth-order valence-electron chi connectivity index (χ4n) is 5.97. The summed E-state index contributed by atoms with van der Waals surface area (Å²) in [7, 11) is 0. The van der Waals surface area contributed by atoms with Gasteiger partial charge in [-0.2, -0.15) is 0 Å². The molecule has 0 atom stereocenters. The Bertz CT molecular complexity index is 1760. The molecular formula is C34H32N4O5S. The van der Waals surface area contributed by atoms with E-state index in [9.17, 15) is 19.5 Å². The molecular weight excluding hydrogens is 576 g/mol. The van der Waals surface area contributed by atoms with Crippen LogP contribution in [0.25, 0.3) is 21.6 Å². The third-order valence-corrected chi connectivity index (χ3v) is 9.60. The number of carbonyl (C=O) groups is 3. The number of aromatic nitrogens is 1. The number of carbonyl (C=O) groups excluding carboxylic acids is 2. The predicted octanol–water partition coefficient (Wildman–Crippen LogP) is 5.74. The number of aromatic carboxylic acids is 1. The van der Waals surface area contributed by atoms with E-state index in [1.807, 2.05) is 17.5 Å². The molecule has 10 heteroatoms. The number of anilines is 1. The minimum atomic E-state index is -1.30. The zero-order chi connectivity index (χ0) is 30.4. The van der Waals surface area contributed by atoms with Gasteiger partial charge >= 0.3 is 5.97 Å². The Balaban J connectivity index is 1.30. The lowest BCUT2D eigenvalue weighted by Crippen LogP contribution is -2.38. The van der Waals surface area contributed by atoms with Gasteiger partial charge in [0.1, 0.15) is 11.4 Å². The van der Waals surface area contributed by atoms with E-state index in [-0.39, 0.29) is 34.5 Å². The van der Waals surface area contributed by atoms with E-state index in [0.29, 0.717) is 48.4 Å². The number of nitrogens with zero attached hydrogens (tertiary/aromatic N) is 1. The highest BCUT2D eigenvalue weighted by molar-refractivity contribution is 7.13. The molecule has 2 saturated carbocycles. The number of pyridine rings is 1. The lowest BCUT2D eigenvalue weighted by Gasteiger charge is -2.19. The Kier molecular flexibility index (Phi) is 7.39. The number of hydrogen-bond acceptors (Lipinski definition) is 7. The van der Waals surface area contributed by atoms with Crippen molar-refractivity contribution in [3.8, 4) is 27.3 Å². The Labute approximate surface area is 258 Å². The largest absolute Gasteiger partial charge is 0.493 e. The molecule has 0 spiro atoms. The summed E-state index contributed by atoms with van der Waals surface area (Å²) in [5, 5.41) is 18.4. The number of benzene rings is 2. The number of rotatable bonds is 9. The summed E-state index contributed by atoms with van der Waals surface area (Å²) in [6, 6.07) is 16.0. The van der Waals surface area contributed by atoms with Crippen molar-refractivity contribution in [2.24, 2.45) is 17.6 Å². The van der Waals surface area contributed by atoms with Gasteiger partial charge < -0.3 is 26.2 Å². The second kappa shape index (κ2) is 11.5. The second-order valence-electron chi connectivity index (χ2n) is 11.7. The monoisotopic (exact) mass is 608 g/mol. The van der Waals surface area contributed by atoms with Gasteiger partial charge in [-0.25, -0.2) is 9.78 Å². The first-order valence-corrected chi connectivity index (χ1v) is 15.8. The zero-order valence-electron chi connectivity index (χ0n) is 24.0. The van der Waals surface area contributed by atoms with E-state index < -0.39 is 11.9 Å². The predicted molar refractivity (Wildman–Crippen MR) is 168 cm³/mol. The fraction of sp³-hybridized carbons (Fsp3) is 0.294. The maximum Gasteiger partial charge on any atom is 0.355 e. The van der Waals surface area contributed by atoms with E-state index in [2.05, 4.69) is 21.7 Å². The van der Waals surface area contributed by atoms with Crippen LogP contribution in [-0.4, -0.2) is 40.5 Å². The highest BCUT2D eigenvalue weighted by atomic mass is 32.1. The molecule has 0 unspecified atom stereocenters. The number of carboxylic acid groups (broad SMARTS) is 1. The summed E-state index contributed by atoms with van der Waals surface area (Å²) in [6.07, 6.45) is 5.12. The molecule has 2 aromatic heterocycles. The summed E-state index contributed by atoms with van der Waals surface area (Å²) in [4.78, 5) is 45.1. The molecule has 3 heterocycles. The average molecular weight is 609 g/mol. The van der Waals surface area contributed by atoms with E-state index in [1.54, 1.807) is 41.7 Å². The third kappa shape index (κ3) is 5.58. The van der Waals surface area contributed by atoms with Gasteiger partial charge in [-0.15, -0.1) is 11.3 Å². The van der Waals surface area contributed by atoms with Crippen LogP contribution in [0.1, 0.15) is 68.1 Å². The summed E-state index contributed by atoms with van der Waals surface area (Å²) < 4.78 is 6.12. The van der Waals surface area contributed by atoms with Crippen LogP contribution in [-0.2, 0) is 13.0 Å². The van der Waals surface area contributed by atoms with Crippen LogP contribution in [0.15, 0.2) is 60.0 Å². The zero-order valence-corrected chi connectivity index (χ0v) is 24.8. The van der Waals surface area contributed by atoms with Crippen LogP contribution < -0.4 is 21.1 Å². The molecule has 3 aliphatic rings. The molecule has 2 amide bonds. The van der Waals surface area contributed by atoms with E-state index in [0.717, 1.165) is 47.3 Å². The lowest BCUT2D eigenvalue weighted by molar-refractivity contribution is 0.0691. The first-order valence-electron chi connectivity index (χ1n) is 14.9. The second-order valence-corrected chi connectivity index (χ2v) is 12.6. The van der Waals surface area contributed by atoms with E-state index >= 15 is 0 Å². The van der Waals surface area contributed by atoms with Crippen molar-refractivity contribution in [3.63, 3.8) is 0 Å². The van der Waals surface area contributed by atoms with Crippen LogP contribution in [0.3, 0.4) is 0 Å². The van der Waals surface area contributed by atoms with Crippen LogP contribution in [0.4, 0.5) is 5.69 Å². The fourth-order valence-corrected chi connectivity index (χ4v) is 6.95. The van der Waals surface area contributed by atoms with Gasteiger partial charge in [0.2, 0.25) is 0 Å². The molecule has 5 N–H and O–H groups in total. The number of thiophene rings is 1. The minimum absolute atomic E-state index is 0.0395. The van der Waals surface area contributed by atoms with Crippen LogP contribution in [0, 0.1) is 11.8 Å². The first kappa shape index (κ1) is 28.2. The minimum Gasteiger partial charge on any atom is -0.493 e. The summed E-state index contributed by atoms with van der Waals surface area (Å²) in [6.45, 7) is 0.828. The topological polar surface area (TPSA) is 144 Å². The van der Waals surface area contributed by atoms with Crippen molar-refractivity contribution in [2.45, 2.75) is 44.7 Å². The summed E-state index contributed by atoms with van der Waals surface area (Å²) in [5.41, 5.74) is 9.71. The van der Waals surface area contributed by atoms with Gasteiger partial charge in [-0.05, 0) is 96.5 Å². The third-order valence-electron chi connectivity index (χ3n) is 8.61. The van der Waals surface area contributed by atoms with Crippen molar-refractivity contribution in [1.29, 1.82) is 0 Å². The SMILES string of the molecule is NCc1ccc(NC(=O)c2cc3c(cc2-c2ccc(C(=O)NC(C4CC4)C4CC4)nc2C(=O)O)OCCc2ccsc2-3)cc1. The molecule has 7 rings (SSSR count). The van der Waals surface area contributed by atoms with Crippen molar-refractivity contribution >= 4 is 34.8 Å². The number of nitrogens with two attached hydrogens (primary N) is 1. The molecule has 2 aromatic carbocycles. The van der Waals surface area contributed by atoms with Gasteiger partial charge in [0.15, 0.2) is 5.69 Å². The van der Waals surface area contributed by atoms with Crippen molar-refractivity contribution in [3.05, 3.63) is 88.1 Å². The van der Waals surface area contributed by atoms with Crippen LogP contribution in [0.5, 0.6) is 5.75 Å². The Morgan fingerprint density at radius 3 is 2.39 bits per heavy atom. The van der Waals surface area contributed by atoms with E-state index in [4.69, 9.17) is 10.5 Å².